The second kappa shape index (κ2) is 6.31. The lowest BCUT2D eigenvalue weighted by Crippen LogP contribution is -2.32. The number of nitrogens with zero attached hydrogens (tertiary/aromatic N) is 3. The van der Waals surface area contributed by atoms with Crippen molar-refractivity contribution in [1.82, 2.24) is 9.97 Å². The number of aromatic nitrogens is 3. The van der Waals surface area contributed by atoms with Gasteiger partial charge in [0.05, 0.1) is 12.6 Å². The molecule has 1 aromatic carbocycles. The summed E-state index contributed by atoms with van der Waals surface area (Å²) >= 11 is 0. The Balaban J connectivity index is 2.19. The van der Waals surface area contributed by atoms with E-state index < -0.39 is 0 Å². The summed E-state index contributed by atoms with van der Waals surface area (Å²) in [5.74, 6) is 1.61. The summed E-state index contributed by atoms with van der Waals surface area (Å²) in [4.78, 5) is 9.56. The van der Waals surface area contributed by atoms with Crippen LogP contribution in [0.3, 0.4) is 0 Å². The minimum absolute atomic E-state index is 0.616. The van der Waals surface area contributed by atoms with Gasteiger partial charge in [-0.15, -0.1) is 0 Å². The van der Waals surface area contributed by atoms with Crippen molar-refractivity contribution in [2.24, 2.45) is 13.0 Å². The highest BCUT2D eigenvalue weighted by molar-refractivity contribution is 5.75. The molecule has 0 saturated heterocycles. The van der Waals surface area contributed by atoms with Crippen molar-refractivity contribution < 1.29 is 4.57 Å². The van der Waals surface area contributed by atoms with E-state index in [1.807, 2.05) is 13.2 Å². The quantitative estimate of drug-likeness (QED) is 0.675. The van der Waals surface area contributed by atoms with Crippen LogP contribution in [-0.2, 0) is 13.5 Å². The van der Waals surface area contributed by atoms with Gasteiger partial charge in [-0.2, -0.15) is 0 Å². The van der Waals surface area contributed by atoms with Gasteiger partial charge >= 0.3 is 5.82 Å². The van der Waals surface area contributed by atoms with E-state index in [-0.39, 0.29) is 0 Å². The lowest BCUT2D eigenvalue weighted by molar-refractivity contribution is -0.661. The van der Waals surface area contributed by atoms with Crippen molar-refractivity contribution in [2.45, 2.75) is 41.0 Å². The highest BCUT2D eigenvalue weighted by atomic mass is 15.0. The molecular weight excluding hydrogens is 294 g/mol. The maximum absolute atomic E-state index is 4.96. The third-order valence-corrected chi connectivity index (χ3v) is 4.53. The summed E-state index contributed by atoms with van der Waals surface area (Å²) in [6.07, 6.45) is 5.09. The lowest BCUT2D eigenvalue weighted by atomic mass is 9.99. The minimum Gasteiger partial charge on any atom is -0.248 e. The van der Waals surface area contributed by atoms with Gasteiger partial charge in [0.2, 0.25) is 5.52 Å². The van der Waals surface area contributed by atoms with Crippen LogP contribution in [0.2, 0.25) is 0 Å². The van der Waals surface area contributed by atoms with Crippen molar-refractivity contribution in [2.75, 3.05) is 0 Å². The number of hydrogen-bond acceptors (Lipinski definition) is 2. The van der Waals surface area contributed by atoms with Gasteiger partial charge in [0.1, 0.15) is 6.20 Å². The molecule has 2 heterocycles. The molecule has 3 rings (SSSR count). The van der Waals surface area contributed by atoms with Gasteiger partial charge in [0, 0.05) is 6.20 Å². The number of benzene rings is 1. The van der Waals surface area contributed by atoms with E-state index in [1.165, 1.54) is 27.8 Å². The van der Waals surface area contributed by atoms with E-state index in [0.29, 0.717) is 5.92 Å². The maximum atomic E-state index is 4.96. The number of hydrogen-bond donors (Lipinski definition) is 0. The fourth-order valence-electron chi connectivity index (χ4n) is 3.24. The Morgan fingerprint density at radius 3 is 2.50 bits per heavy atom. The van der Waals surface area contributed by atoms with E-state index in [0.717, 1.165) is 23.3 Å². The molecule has 0 aliphatic heterocycles. The molecule has 0 saturated carbocycles. The Kier molecular flexibility index (Phi) is 4.35. The SMILES string of the molecule is Cc1cc(C)c(C)c(-c2nc3cc(CC(C)C)cnc3c[n+]2C)c1. The third-order valence-electron chi connectivity index (χ3n) is 4.53. The zero-order valence-corrected chi connectivity index (χ0v) is 15.5. The predicted molar refractivity (Wildman–Crippen MR) is 98.9 cm³/mol. The molecule has 0 fully saturated rings. The molecule has 0 aliphatic rings. The van der Waals surface area contributed by atoms with Crippen LogP contribution in [0.15, 0.2) is 30.6 Å². The Morgan fingerprint density at radius 1 is 1.04 bits per heavy atom. The van der Waals surface area contributed by atoms with Gasteiger partial charge in [-0.25, -0.2) is 9.55 Å². The normalized spacial score (nSPS) is 11.5. The third kappa shape index (κ3) is 3.16. The lowest BCUT2D eigenvalue weighted by Gasteiger charge is -2.09. The Bertz CT molecular complexity index is 911. The van der Waals surface area contributed by atoms with E-state index in [4.69, 9.17) is 4.98 Å². The fraction of sp³-hybridized carbons (Fsp3) is 0.381. The van der Waals surface area contributed by atoms with Crippen LogP contribution in [0.4, 0.5) is 0 Å². The number of aryl methyl sites for hydroxylation is 3. The minimum atomic E-state index is 0.616. The van der Waals surface area contributed by atoms with Gasteiger partial charge < -0.3 is 0 Å². The molecule has 0 aliphatic carbocycles. The van der Waals surface area contributed by atoms with Gasteiger partial charge in [-0.3, -0.25) is 0 Å². The molecule has 0 unspecified atom stereocenters. The average molecular weight is 320 g/mol. The monoisotopic (exact) mass is 320 g/mol. The molecule has 0 atom stereocenters. The van der Waals surface area contributed by atoms with Crippen LogP contribution in [-0.4, -0.2) is 9.97 Å². The van der Waals surface area contributed by atoms with Crippen LogP contribution < -0.4 is 4.57 Å². The summed E-state index contributed by atoms with van der Waals surface area (Å²) < 4.78 is 2.08. The summed E-state index contributed by atoms with van der Waals surface area (Å²) in [5, 5.41) is 0. The largest absolute Gasteiger partial charge is 0.331 e. The molecule has 2 aromatic heterocycles. The Morgan fingerprint density at radius 2 is 1.79 bits per heavy atom. The molecule has 3 aromatic rings. The Labute approximate surface area is 144 Å². The van der Waals surface area contributed by atoms with Crippen LogP contribution in [0.1, 0.15) is 36.1 Å². The zero-order valence-electron chi connectivity index (χ0n) is 15.5. The van der Waals surface area contributed by atoms with Gasteiger partial charge in [0.15, 0.2) is 5.52 Å². The molecule has 124 valence electrons. The van der Waals surface area contributed by atoms with Crippen molar-refractivity contribution in [3.8, 4) is 11.4 Å². The molecule has 3 heteroatoms. The molecule has 3 nitrogen and oxygen atoms in total. The molecule has 0 bridgehead atoms. The molecular formula is C21H26N3+. The van der Waals surface area contributed by atoms with Gasteiger partial charge in [-0.05, 0) is 72.5 Å². The average Bonchev–Trinajstić information content (AvgIpc) is 2.50. The molecule has 24 heavy (non-hydrogen) atoms. The number of pyridine rings is 1. The van der Waals surface area contributed by atoms with Gasteiger partial charge in [0.25, 0.3) is 0 Å². The predicted octanol–water partition coefficient (Wildman–Crippen LogP) is 4.25. The maximum Gasteiger partial charge on any atom is 0.331 e. The summed E-state index contributed by atoms with van der Waals surface area (Å²) in [7, 11) is 2.04. The summed E-state index contributed by atoms with van der Waals surface area (Å²) in [5.41, 5.74) is 8.22. The number of rotatable bonds is 3. The molecule has 0 N–H and O–H groups in total. The van der Waals surface area contributed by atoms with Crippen LogP contribution in [0.25, 0.3) is 22.4 Å². The second-order valence-corrected chi connectivity index (χ2v) is 7.28. The van der Waals surface area contributed by atoms with Gasteiger partial charge in [-0.1, -0.05) is 19.9 Å². The van der Waals surface area contributed by atoms with Crippen LogP contribution in [0.5, 0.6) is 0 Å². The molecule has 0 amide bonds. The van der Waals surface area contributed by atoms with Crippen LogP contribution >= 0.6 is 0 Å². The summed E-state index contributed by atoms with van der Waals surface area (Å²) in [6, 6.07) is 6.63. The summed E-state index contributed by atoms with van der Waals surface area (Å²) in [6.45, 7) is 10.9. The molecule has 0 radical (unpaired) electrons. The Hall–Kier alpha value is -2.29. The van der Waals surface area contributed by atoms with Crippen molar-refractivity contribution in [3.05, 3.63) is 52.8 Å². The zero-order chi connectivity index (χ0) is 17.4. The first kappa shape index (κ1) is 16.6. The van der Waals surface area contributed by atoms with E-state index in [2.05, 4.69) is 68.6 Å². The highest BCUT2D eigenvalue weighted by Crippen LogP contribution is 2.25. The van der Waals surface area contributed by atoms with Crippen molar-refractivity contribution >= 4 is 11.0 Å². The standard InChI is InChI=1S/C21H26N3/c1-13(2)7-17-10-19-20(22-11-17)12-24(6)21(23-19)18-9-14(3)8-15(4)16(18)5/h8-13H,7H2,1-6H3/q+1. The van der Waals surface area contributed by atoms with E-state index in [9.17, 15) is 0 Å². The van der Waals surface area contributed by atoms with Crippen molar-refractivity contribution in [1.29, 1.82) is 0 Å². The first-order valence-corrected chi connectivity index (χ1v) is 8.58. The second-order valence-electron chi connectivity index (χ2n) is 7.28. The fourth-order valence-corrected chi connectivity index (χ4v) is 3.24. The topological polar surface area (TPSA) is 29.7 Å². The van der Waals surface area contributed by atoms with E-state index >= 15 is 0 Å². The number of fused-ring (bicyclic) bond motifs is 1. The van der Waals surface area contributed by atoms with Crippen LogP contribution in [0, 0.1) is 26.7 Å². The highest BCUT2D eigenvalue weighted by Gasteiger charge is 2.19. The first-order chi connectivity index (χ1) is 11.3. The molecule has 0 spiro atoms. The smallest absolute Gasteiger partial charge is 0.248 e. The van der Waals surface area contributed by atoms with E-state index in [1.54, 1.807) is 0 Å². The first-order valence-electron chi connectivity index (χ1n) is 8.58. The van der Waals surface area contributed by atoms with Crippen molar-refractivity contribution in [3.63, 3.8) is 0 Å².